The van der Waals surface area contributed by atoms with Crippen molar-refractivity contribution in [2.45, 2.75) is 0 Å². The number of rotatable bonds is 4. The highest BCUT2D eigenvalue weighted by Crippen LogP contribution is 2.43. The largest absolute Gasteiger partial charge is 0.208 e. The lowest BCUT2D eigenvalue weighted by molar-refractivity contribution is 1.07. The molecule has 0 saturated heterocycles. The Bertz CT molecular complexity index is 3120. The third kappa shape index (κ3) is 4.61. The van der Waals surface area contributed by atoms with E-state index in [0.717, 1.165) is 37.7 Å². The van der Waals surface area contributed by atoms with Crippen molar-refractivity contribution in [3.05, 3.63) is 164 Å². The third-order valence-corrected chi connectivity index (χ3v) is 10.4. The van der Waals surface area contributed by atoms with Gasteiger partial charge in [0.05, 0.1) is 6.85 Å². The smallest absolute Gasteiger partial charge is 0.164 e. The number of hydrogen-bond acceptors (Lipinski definition) is 4. The Morgan fingerprint density at radius 1 is 0.388 bits per heavy atom. The molecule has 0 radical (unpaired) electrons. The van der Waals surface area contributed by atoms with Crippen LogP contribution in [0.4, 0.5) is 0 Å². The minimum Gasteiger partial charge on any atom is -0.208 e. The average Bonchev–Trinajstić information content (AvgIpc) is 3.61. The summed E-state index contributed by atoms with van der Waals surface area (Å²) < 4.78 is 44.1. The maximum absolute atomic E-state index is 8.63. The molecule has 0 aliphatic rings. The lowest BCUT2D eigenvalue weighted by atomic mass is 9.92. The second kappa shape index (κ2) is 11.2. The van der Waals surface area contributed by atoms with Gasteiger partial charge in [-0.1, -0.05) is 152 Å². The van der Waals surface area contributed by atoms with Gasteiger partial charge in [0.15, 0.2) is 17.5 Å². The van der Waals surface area contributed by atoms with Crippen molar-refractivity contribution in [1.29, 1.82) is 0 Å². The van der Waals surface area contributed by atoms with Crippen LogP contribution in [0.3, 0.4) is 0 Å². The van der Waals surface area contributed by atoms with E-state index in [1.54, 1.807) is 11.3 Å². The van der Waals surface area contributed by atoms with Crippen LogP contribution < -0.4 is 0 Å². The summed E-state index contributed by atoms with van der Waals surface area (Å²) in [6, 6.07) is 44.0. The van der Waals surface area contributed by atoms with Crippen molar-refractivity contribution in [3.63, 3.8) is 0 Å². The van der Waals surface area contributed by atoms with Crippen molar-refractivity contribution >= 4 is 63.8 Å². The molecule has 2 heterocycles. The van der Waals surface area contributed by atoms with Gasteiger partial charge in [0.1, 0.15) is 0 Å². The lowest BCUT2D eigenvalue weighted by Gasteiger charge is -2.12. The Balaban J connectivity index is 1.15. The Hall–Kier alpha value is -6.23. The van der Waals surface area contributed by atoms with Crippen LogP contribution in [-0.4, -0.2) is 15.0 Å². The molecule has 0 bridgehead atoms. The van der Waals surface area contributed by atoms with E-state index in [9.17, 15) is 0 Å². The summed E-state index contributed by atoms with van der Waals surface area (Å²) in [5.41, 5.74) is 3.69. The van der Waals surface area contributed by atoms with E-state index in [2.05, 4.69) is 102 Å². The van der Waals surface area contributed by atoms with E-state index in [0.29, 0.717) is 11.6 Å². The van der Waals surface area contributed by atoms with Crippen molar-refractivity contribution in [2.24, 2.45) is 0 Å². The van der Waals surface area contributed by atoms with Crippen LogP contribution in [0.5, 0.6) is 0 Å². The highest BCUT2D eigenvalue weighted by Gasteiger charge is 2.16. The van der Waals surface area contributed by atoms with Crippen LogP contribution in [0.25, 0.3) is 97.8 Å². The molecule has 10 rings (SSSR count). The van der Waals surface area contributed by atoms with Gasteiger partial charge in [-0.25, -0.2) is 15.0 Å². The molecule has 228 valence electrons. The third-order valence-electron chi connectivity index (χ3n) is 9.20. The maximum Gasteiger partial charge on any atom is 0.164 e. The van der Waals surface area contributed by atoms with Gasteiger partial charge in [0, 0.05) is 36.9 Å². The summed E-state index contributed by atoms with van der Waals surface area (Å²) in [7, 11) is 0. The number of nitrogens with zero attached hydrogens (tertiary/aromatic N) is 3. The first-order valence-electron chi connectivity index (χ1n) is 18.5. The molecule has 10 aromatic rings. The van der Waals surface area contributed by atoms with Gasteiger partial charge >= 0.3 is 0 Å². The zero-order valence-electron chi connectivity index (χ0n) is 31.0. The standard InChI is InChI=1S/C45H27N3S/c1-3-12-28(13-4-1)43-46-44(29-14-5-2-6-15-29)48-45(47-43)31-23-25-38-39-21-11-20-32(42(39)49-41(38)27-31)30-22-24-37-35-18-8-7-16-33(35)34-17-9-10-19-36(34)40(37)26-30/h1-27H/i1D,3D,4D,12D,13D. The van der Waals surface area contributed by atoms with Crippen LogP contribution in [0.1, 0.15) is 6.85 Å². The van der Waals surface area contributed by atoms with Crippen LogP contribution in [0.15, 0.2) is 164 Å². The number of hydrogen-bond donors (Lipinski definition) is 0. The summed E-state index contributed by atoms with van der Waals surface area (Å²) in [6.45, 7) is 0. The van der Waals surface area contributed by atoms with Crippen LogP contribution in [-0.2, 0) is 0 Å². The molecule has 0 amide bonds. The molecule has 0 aliphatic heterocycles. The monoisotopic (exact) mass is 646 g/mol. The SMILES string of the molecule is [2H]c1c([2H])c([2H])c(-c2nc(-c3ccccc3)nc(-c3ccc4c(c3)sc3c(-c5ccc6c7ccccc7c7ccccc7c6c5)cccc34)n2)c([2H])c1[2H]. The second-order valence-electron chi connectivity index (χ2n) is 12.0. The first-order valence-corrected chi connectivity index (χ1v) is 16.9. The number of thiophene rings is 1. The van der Waals surface area contributed by atoms with Crippen LogP contribution >= 0.6 is 11.3 Å². The lowest BCUT2D eigenvalue weighted by Crippen LogP contribution is -1.99. The zero-order valence-corrected chi connectivity index (χ0v) is 26.8. The van der Waals surface area contributed by atoms with Gasteiger partial charge in [0.25, 0.3) is 0 Å². The summed E-state index contributed by atoms with van der Waals surface area (Å²) >= 11 is 1.71. The van der Waals surface area contributed by atoms with Gasteiger partial charge in [-0.15, -0.1) is 11.3 Å². The fourth-order valence-electron chi connectivity index (χ4n) is 6.93. The van der Waals surface area contributed by atoms with E-state index in [-0.39, 0.29) is 23.5 Å². The first-order chi connectivity index (χ1) is 26.4. The highest BCUT2D eigenvalue weighted by atomic mass is 32.1. The summed E-state index contributed by atoms with van der Waals surface area (Å²) in [4.78, 5) is 14.2. The first kappa shape index (κ1) is 23.2. The van der Waals surface area contributed by atoms with Gasteiger partial charge in [-0.3, -0.25) is 0 Å². The summed E-state index contributed by atoms with van der Waals surface area (Å²) in [5, 5.41) is 9.70. The molecule has 0 unspecified atom stereocenters. The Labute approximate surface area is 293 Å². The van der Waals surface area contributed by atoms with Gasteiger partial charge < -0.3 is 0 Å². The highest BCUT2D eigenvalue weighted by molar-refractivity contribution is 7.26. The van der Waals surface area contributed by atoms with E-state index in [1.807, 2.05) is 36.4 Å². The quantitative estimate of drug-likeness (QED) is 0.179. The molecule has 0 spiro atoms. The molecular formula is C45H27N3S. The Morgan fingerprint density at radius 2 is 0.939 bits per heavy atom. The van der Waals surface area contributed by atoms with E-state index >= 15 is 0 Å². The molecule has 49 heavy (non-hydrogen) atoms. The molecule has 3 nitrogen and oxygen atoms in total. The molecule has 0 saturated carbocycles. The van der Waals surface area contributed by atoms with Crippen molar-refractivity contribution < 1.29 is 6.85 Å². The van der Waals surface area contributed by atoms with Gasteiger partial charge in [-0.05, 0) is 55.6 Å². The van der Waals surface area contributed by atoms with Crippen molar-refractivity contribution in [3.8, 4) is 45.3 Å². The second-order valence-corrected chi connectivity index (χ2v) is 13.1. The van der Waals surface area contributed by atoms with E-state index in [4.69, 9.17) is 16.8 Å². The molecule has 0 N–H and O–H groups in total. The minimum absolute atomic E-state index is 0.0196. The van der Waals surface area contributed by atoms with E-state index in [1.165, 1.54) is 37.0 Å². The molecule has 8 aromatic carbocycles. The summed E-state index contributed by atoms with van der Waals surface area (Å²) in [5.74, 6) is 0.711. The molecule has 4 heteroatoms. The van der Waals surface area contributed by atoms with Crippen molar-refractivity contribution in [2.75, 3.05) is 0 Å². The zero-order chi connectivity index (χ0) is 36.7. The number of fused-ring (bicyclic) bond motifs is 9. The topological polar surface area (TPSA) is 38.7 Å². The molecule has 0 atom stereocenters. The molecule has 0 fully saturated rings. The van der Waals surface area contributed by atoms with Crippen LogP contribution in [0.2, 0.25) is 0 Å². The molecular weight excluding hydrogens is 615 g/mol. The fraction of sp³-hybridized carbons (Fsp3) is 0. The fourth-order valence-corrected chi connectivity index (χ4v) is 8.21. The van der Waals surface area contributed by atoms with Gasteiger partial charge in [0.2, 0.25) is 0 Å². The Morgan fingerprint density at radius 3 is 1.65 bits per heavy atom. The maximum atomic E-state index is 8.63. The van der Waals surface area contributed by atoms with Gasteiger partial charge in [-0.2, -0.15) is 0 Å². The van der Waals surface area contributed by atoms with Crippen LogP contribution in [0, 0.1) is 0 Å². The Kier molecular flexibility index (Phi) is 5.29. The predicted octanol–water partition coefficient (Wildman–Crippen LogP) is 12.4. The number of aromatic nitrogens is 3. The van der Waals surface area contributed by atoms with E-state index < -0.39 is 18.1 Å². The molecule has 2 aromatic heterocycles. The molecule has 0 aliphatic carbocycles. The van der Waals surface area contributed by atoms with Crippen molar-refractivity contribution in [1.82, 2.24) is 15.0 Å². The average molecular weight is 647 g/mol. The number of benzene rings is 8. The normalized spacial score (nSPS) is 13.1. The minimum atomic E-state index is -0.466. The summed E-state index contributed by atoms with van der Waals surface area (Å²) in [6.07, 6.45) is 0. The predicted molar refractivity (Wildman–Crippen MR) is 207 cm³/mol.